The minimum atomic E-state index is -4.53. The Morgan fingerprint density at radius 2 is 1.83 bits per heavy atom. The molecule has 1 aromatic heterocycles. The van der Waals surface area contributed by atoms with Crippen molar-refractivity contribution in [1.29, 1.82) is 0 Å². The Morgan fingerprint density at radius 1 is 1.14 bits per heavy atom. The smallest absolute Gasteiger partial charge is 0.433 e. The molecule has 0 aliphatic carbocycles. The van der Waals surface area contributed by atoms with E-state index in [0.717, 1.165) is 32.0 Å². The van der Waals surface area contributed by atoms with Crippen LogP contribution in [0.2, 0.25) is 0 Å². The summed E-state index contributed by atoms with van der Waals surface area (Å²) < 4.78 is 43.7. The van der Waals surface area contributed by atoms with Gasteiger partial charge in [0.1, 0.15) is 11.4 Å². The number of alkyl halides is 3. The molecule has 1 amide bonds. The number of hydrogen-bond acceptors (Lipinski definition) is 4. The molecule has 2 aromatic rings. The highest BCUT2D eigenvalue weighted by molar-refractivity contribution is 5.94. The Morgan fingerprint density at radius 3 is 2.45 bits per heavy atom. The van der Waals surface area contributed by atoms with Crippen molar-refractivity contribution >= 4 is 5.91 Å². The zero-order valence-electron chi connectivity index (χ0n) is 15.9. The lowest BCUT2D eigenvalue weighted by atomic mass is 9.79. The summed E-state index contributed by atoms with van der Waals surface area (Å²) in [5.74, 6) is 0.510. The first-order valence-electron chi connectivity index (χ1n) is 9.68. The molecule has 4 heterocycles. The number of nitrogens with one attached hydrogen (secondary N) is 1. The lowest BCUT2D eigenvalue weighted by Crippen LogP contribution is -2.62. The molecule has 2 unspecified atom stereocenters. The molecule has 2 atom stereocenters. The molecule has 0 saturated carbocycles. The Kier molecular flexibility index (Phi) is 5.21. The van der Waals surface area contributed by atoms with Gasteiger partial charge in [-0.1, -0.05) is 6.07 Å². The van der Waals surface area contributed by atoms with Crippen molar-refractivity contribution in [2.24, 2.45) is 5.92 Å². The monoisotopic (exact) mass is 405 g/mol. The molecular formula is C21H22F3N3O2. The van der Waals surface area contributed by atoms with E-state index in [1.165, 1.54) is 12.1 Å². The largest absolute Gasteiger partial charge is 0.439 e. The van der Waals surface area contributed by atoms with Gasteiger partial charge in [-0.2, -0.15) is 13.2 Å². The van der Waals surface area contributed by atoms with Gasteiger partial charge in [-0.25, -0.2) is 4.98 Å². The predicted octanol–water partition coefficient (Wildman–Crippen LogP) is 4.11. The van der Waals surface area contributed by atoms with E-state index < -0.39 is 11.9 Å². The molecule has 3 saturated heterocycles. The minimum absolute atomic E-state index is 0.134. The van der Waals surface area contributed by atoms with E-state index in [9.17, 15) is 18.0 Å². The van der Waals surface area contributed by atoms with Crippen LogP contribution in [0.15, 0.2) is 42.5 Å². The number of fused-ring (bicyclic) bond motifs is 3. The van der Waals surface area contributed by atoms with Crippen molar-refractivity contribution in [2.75, 3.05) is 13.1 Å². The minimum Gasteiger partial charge on any atom is -0.439 e. The fraction of sp³-hybridized carbons (Fsp3) is 0.429. The summed E-state index contributed by atoms with van der Waals surface area (Å²) in [5, 5.41) is 3.15. The number of aromatic nitrogens is 1. The van der Waals surface area contributed by atoms with E-state index in [0.29, 0.717) is 23.3 Å². The number of amides is 1. The molecule has 3 fully saturated rings. The van der Waals surface area contributed by atoms with Crippen LogP contribution in [-0.2, 0) is 6.18 Å². The van der Waals surface area contributed by atoms with Gasteiger partial charge >= 0.3 is 6.18 Å². The molecule has 5 rings (SSSR count). The van der Waals surface area contributed by atoms with Crippen LogP contribution in [0, 0.1) is 5.92 Å². The van der Waals surface area contributed by atoms with Gasteiger partial charge in [0.25, 0.3) is 5.91 Å². The number of carbonyl (C=O) groups excluding carboxylic acids is 1. The summed E-state index contributed by atoms with van der Waals surface area (Å²) in [5.41, 5.74) is -0.532. The van der Waals surface area contributed by atoms with Crippen molar-refractivity contribution in [3.05, 3.63) is 53.7 Å². The van der Waals surface area contributed by atoms with Gasteiger partial charge in [-0.3, -0.25) is 9.69 Å². The average molecular weight is 405 g/mol. The molecule has 5 nitrogen and oxygen atoms in total. The molecule has 1 N–H and O–H groups in total. The first kappa shape index (κ1) is 19.7. The fourth-order valence-corrected chi connectivity index (χ4v) is 4.20. The summed E-state index contributed by atoms with van der Waals surface area (Å²) in [6.07, 6.45) is -2.33. The summed E-state index contributed by atoms with van der Waals surface area (Å²) in [6, 6.07) is 10.2. The standard InChI is InChI=1S/C21H22F3N3O2/c1-13-19(14-9-11-27(13)12-10-14)26-20(28)15-5-7-16(8-6-15)29-18-4-2-3-17(25-18)21(22,23)24/h2-8,13-14,19H,9-12H2,1H3,(H,26,28). The zero-order chi connectivity index (χ0) is 20.6. The normalized spacial score (nSPS) is 26.2. The van der Waals surface area contributed by atoms with E-state index in [2.05, 4.69) is 22.1 Å². The van der Waals surface area contributed by atoms with Crippen LogP contribution < -0.4 is 10.1 Å². The van der Waals surface area contributed by atoms with E-state index in [4.69, 9.17) is 4.74 Å². The lowest BCUT2D eigenvalue weighted by molar-refractivity contribution is -0.141. The highest BCUT2D eigenvalue weighted by Crippen LogP contribution is 2.32. The Balaban J connectivity index is 1.41. The topological polar surface area (TPSA) is 54.5 Å². The van der Waals surface area contributed by atoms with Crippen molar-refractivity contribution in [3.8, 4) is 11.6 Å². The van der Waals surface area contributed by atoms with Crippen LogP contribution in [0.1, 0.15) is 35.8 Å². The fourth-order valence-electron chi connectivity index (χ4n) is 4.20. The third-order valence-corrected chi connectivity index (χ3v) is 5.83. The molecule has 1 aromatic carbocycles. The third kappa shape index (κ3) is 4.22. The van der Waals surface area contributed by atoms with Crippen LogP contribution in [0.25, 0.3) is 0 Å². The molecule has 154 valence electrons. The van der Waals surface area contributed by atoms with E-state index >= 15 is 0 Å². The predicted molar refractivity (Wildman–Crippen MR) is 101 cm³/mol. The summed E-state index contributed by atoms with van der Waals surface area (Å²) >= 11 is 0. The summed E-state index contributed by atoms with van der Waals surface area (Å²) in [4.78, 5) is 18.5. The second-order valence-corrected chi connectivity index (χ2v) is 7.60. The number of piperidine rings is 3. The lowest BCUT2D eigenvalue weighted by Gasteiger charge is -2.49. The second-order valence-electron chi connectivity index (χ2n) is 7.60. The van der Waals surface area contributed by atoms with Gasteiger partial charge in [0.05, 0.1) is 0 Å². The number of ether oxygens (including phenoxy) is 1. The first-order valence-corrected chi connectivity index (χ1v) is 9.68. The van der Waals surface area contributed by atoms with Crippen molar-refractivity contribution in [3.63, 3.8) is 0 Å². The molecule has 29 heavy (non-hydrogen) atoms. The number of hydrogen-bond donors (Lipinski definition) is 1. The zero-order valence-corrected chi connectivity index (χ0v) is 15.9. The quantitative estimate of drug-likeness (QED) is 0.832. The van der Waals surface area contributed by atoms with Gasteiger partial charge in [0.15, 0.2) is 0 Å². The molecule has 3 aliphatic heterocycles. The van der Waals surface area contributed by atoms with Crippen LogP contribution in [0.5, 0.6) is 11.6 Å². The van der Waals surface area contributed by atoms with Gasteiger partial charge in [0.2, 0.25) is 5.88 Å². The van der Waals surface area contributed by atoms with Gasteiger partial charge in [-0.05, 0) is 69.1 Å². The van der Waals surface area contributed by atoms with E-state index in [1.54, 1.807) is 24.3 Å². The van der Waals surface area contributed by atoms with Crippen LogP contribution >= 0.6 is 0 Å². The number of halogens is 3. The molecule has 3 aliphatic rings. The number of rotatable bonds is 4. The van der Waals surface area contributed by atoms with Gasteiger partial charge < -0.3 is 10.1 Å². The maximum Gasteiger partial charge on any atom is 0.433 e. The van der Waals surface area contributed by atoms with E-state index in [-0.39, 0.29) is 17.8 Å². The van der Waals surface area contributed by atoms with Crippen molar-refractivity contribution in [2.45, 2.75) is 38.0 Å². The highest BCUT2D eigenvalue weighted by Gasteiger charge is 2.40. The molecule has 8 heteroatoms. The van der Waals surface area contributed by atoms with Gasteiger partial charge in [-0.15, -0.1) is 0 Å². The number of carbonyl (C=O) groups is 1. The number of pyridine rings is 1. The number of nitrogens with zero attached hydrogens (tertiary/aromatic N) is 2. The Hall–Kier alpha value is -2.61. The molecular weight excluding hydrogens is 383 g/mol. The van der Waals surface area contributed by atoms with Crippen LogP contribution in [0.4, 0.5) is 13.2 Å². The first-order chi connectivity index (χ1) is 13.8. The second kappa shape index (κ2) is 7.67. The highest BCUT2D eigenvalue weighted by atomic mass is 19.4. The Labute approximate surface area is 166 Å². The van der Waals surface area contributed by atoms with Crippen LogP contribution in [0.3, 0.4) is 0 Å². The molecule has 0 spiro atoms. The van der Waals surface area contributed by atoms with E-state index in [1.807, 2.05) is 0 Å². The average Bonchev–Trinajstić information content (AvgIpc) is 2.71. The molecule has 2 bridgehead atoms. The summed E-state index contributed by atoms with van der Waals surface area (Å²) in [7, 11) is 0. The maximum absolute atomic E-state index is 12.8. The SMILES string of the molecule is CC1C(NC(=O)c2ccc(Oc3cccc(C(F)(F)F)n3)cc2)C2CCN1CC2. The molecule has 0 radical (unpaired) electrons. The summed E-state index contributed by atoms with van der Waals surface area (Å²) in [6.45, 7) is 4.33. The van der Waals surface area contributed by atoms with Crippen molar-refractivity contribution < 1.29 is 22.7 Å². The third-order valence-electron chi connectivity index (χ3n) is 5.83. The van der Waals surface area contributed by atoms with Crippen LogP contribution in [-0.4, -0.2) is 41.0 Å². The Bertz CT molecular complexity index is 875. The maximum atomic E-state index is 12.8. The number of benzene rings is 1. The van der Waals surface area contributed by atoms with Crippen molar-refractivity contribution in [1.82, 2.24) is 15.2 Å². The van der Waals surface area contributed by atoms with Gasteiger partial charge in [0, 0.05) is 23.7 Å².